The van der Waals surface area contributed by atoms with Gasteiger partial charge in [0.25, 0.3) is 0 Å². The van der Waals surface area contributed by atoms with Crippen molar-refractivity contribution in [3.63, 3.8) is 0 Å². The number of hydrogen-bond donors (Lipinski definition) is 0. The van der Waals surface area contributed by atoms with E-state index in [0.717, 1.165) is 39.9 Å². The van der Waals surface area contributed by atoms with E-state index in [9.17, 15) is 0 Å². The average Bonchev–Trinajstić information content (AvgIpc) is 2.86. The Bertz CT molecular complexity index is 649. The predicted octanol–water partition coefficient (Wildman–Crippen LogP) is 4.47. The first-order valence-corrected chi connectivity index (χ1v) is 7.73. The van der Waals surface area contributed by atoms with Crippen LogP contribution in [0.15, 0.2) is 23.2 Å². The van der Waals surface area contributed by atoms with Crippen molar-refractivity contribution < 1.29 is 4.74 Å². The molecule has 0 radical (unpaired) electrons. The molecule has 4 nitrogen and oxygen atoms in total. The summed E-state index contributed by atoms with van der Waals surface area (Å²) in [5.41, 5.74) is 4.12. The highest BCUT2D eigenvalue weighted by molar-refractivity contribution is 7.07. The number of aryl methyl sites for hydroxylation is 3. The average molecular weight is 303 g/mol. The number of aliphatic imine (C=N–C) groups is 1. The lowest BCUT2D eigenvalue weighted by molar-refractivity contribution is 0.492. The second kappa shape index (κ2) is 6.72. The van der Waals surface area contributed by atoms with E-state index in [4.69, 9.17) is 4.74 Å². The Morgan fingerprint density at radius 3 is 2.62 bits per heavy atom. The third kappa shape index (κ3) is 4.04. The summed E-state index contributed by atoms with van der Waals surface area (Å²) in [7, 11) is 2.01. The first-order chi connectivity index (χ1) is 9.99. The summed E-state index contributed by atoms with van der Waals surface area (Å²) in [6.07, 6.45) is 1.86. The van der Waals surface area contributed by atoms with Crippen LogP contribution >= 0.6 is 11.5 Å². The van der Waals surface area contributed by atoms with E-state index in [2.05, 4.69) is 22.4 Å². The summed E-state index contributed by atoms with van der Waals surface area (Å²) in [5, 5.41) is 0.817. The van der Waals surface area contributed by atoms with Gasteiger partial charge in [-0.3, -0.25) is 0 Å². The lowest BCUT2D eigenvalue weighted by Crippen LogP contribution is -2.14. The van der Waals surface area contributed by atoms with E-state index in [1.54, 1.807) is 0 Å². The van der Waals surface area contributed by atoms with E-state index < -0.39 is 0 Å². The fourth-order valence-corrected chi connectivity index (χ4v) is 2.40. The predicted molar refractivity (Wildman–Crippen MR) is 89.3 cm³/mol. The Hall–Kier alpha value is -1.88. The van der Waals surface area contributed by atoms with Gasteiger partial charge < -0.3 is 9.64 Å². The van der Waals surface area contributed by atoms with Gasteiger partial charge in [0.2, 0.25) is 0 Å². The van der Waals surface area contributed by atoms with E-state index in [1.165, 1.54) is 11.5 Å². The summed E-state index contributed by atoms with van der Waals surface area (Å²) in [6, 6.07) is 6.03. The van der Waals surface area contributed by atoms with Crippen molar-refractivity contribution in [2.24, 2.45) is 4.99 Å². The highest BCUT2D eigenvalue weighted by Crippen LogP contribution is 2.33. The first kappa shape index (κ1) is 15.5. The molecular formula is C16H21N3OS. The second-order valence-electron chi connectivity index (χ2n) is 5.11. The smallest absolute Gasteiger partial charge is 0.200 e. The summed E-state index contributed by atoms with van der Waals surface area (Å²) >= 11 is 1.37. The first-order valence-electron chi connectivity index (χ1n) is 6.96. The van der Waals surface area contributed by atoms with Gasteiger partial charge in [-0.1, -0.05) is 0 Å². The highest BCUT2D eigenvalue weighted by Gasteiger charge is 2.08. The summed E-state index contributed by atoms with van der Waals surface area (Å²) in [6.45, 7) is 9.07. The van der Waals surface area contributed by atoms with Crippen molar-refractivity contribution >= 4 is 23.6 Å². The van der Waals surface area contributed by atoms with Crippen LogP contribution in [0.1, 0.15) is 23.7 Å². The molecule has 1 aromatic heterocycles. The second-order valence-corrected chi connectivity index (χ2v) is 5.88. The van der Waals surface area contributed by atoms with Crippen molar-refractivity contribution in [3.8, 4) is 10.8 Å². The molecule has 2 rings (SSSR count). The van der Waals surface area contributed by atoms with Crippen LogP contribution in [0.4, 0.5) is 5.69 Å². The summed E-state index contributed by atoms with van der Waals surface area (Å²) in [5.74, 6) is 0.860. The maximum Gasteiger partial charge on any atom is 0.200 e. The Balaban J connectivity index is 2.22. The van der Waals surface area contributed by atoms with Crippen LogP contribution in [0.2, 0.25) is 0 Å². The Morgan fingerprint density at radius 2 is 2.00 bits per heavy atom. The van der Waals surface area contributed by atoms with Gasteiger partial charge in [0.15, 0.2) is 5.06 Å². The largest absolute Gasteiger partial charge is 0.445 e. The van der Waals surface area contributed by atoms with E-state index in [-0.39, 0.29) is 0 Å². The van der Waals surface area contributed by atoms with Crippen molar-refractivity contribution in [2.45, 2.75) is 27.7 Å². The fourth-order valence-electron chi connectivity index (χ4n) is 1.76. The highest BCUT2D eigenvalue weighted by atomic mass is 32.1. The van der Waals surface area contributed by atoms with Gasteiger partial charge in [0.05, 0.1) is 17.7 Å². The summed E-state index contributed by atoms with van der Waals surface area (Å²) < 4.78 is 10.1. The maximum atomic E-state index is 5.91. The molecule has 1 heterocycles. The van der Waals surface area contributed by atoms with Gasteiger partial charge in [-0.15, -0.1) is 0 Å². The van der Waals surface area contributed by atoms with Gasteiger partial charge in [-0.2, -0.15) is 4.37 Å². The Morgan fingerprint density at radius 1 is 1.24 bits per heavy atom. The minimum absolute atomic E-state index is 0.817. The number of ether oxygens (including phenoxy) is 1. The molecule has 0 saturated carbocycles. The van der Waals surface area contributed by atoms with Crippen molar-refractivity contribution in [3.05, 3.63) is 35.0 Å². The molecule has 0 unspecified atom stereocenters. The Kier molecular flexibility index (Phi) is 4.96. The number of aromatic nitrogens is 1. The molecule has 0 N–H and O–H groups in total. The third-order valence-electron chi connectivity index (χ3n) is 3.20. The topological polar surface area (TPSA) is 37.7 Å². The zero-order valence-corrected chi connectivity index (χ0v) is 14.0. The van der Waals surface area contributed by atoms with Crippen LogP contribution in [-0.4, -0.2) is 29.2 Å². The zero-order valence-electron chi connectivity index (χ0n) is 13.2. The Labute approximate surface area is 130 Å². The number of nitrogens with zero attached hydrogens (tertiary/aromatic N) is 3. The maximum absolute atomic E-state index is 5.91. The molecule has 0 fully saturated rings. The standard InChI is InChI=1S/C16H21N3OS/c1-6-19(5)10-17-14-7-12(3)15(8-11(14)2)20-16-9-13(4)18-21-16/h7-10H,6H2,1-5H3. The van der Waals surface area contributed by atoms with Crippen molar-refractivity contribution in [1.29, 1.82) is 0 Å². The quantitative estimate of drug-likeness (QED) is 0.604. The molecule has 112 valence electrons. The van der Waals surface area contributed by atoms with Gasteiger partial charge >= 0.3 is 0 Å². The molecule has 0 bridgehead atoms. The minimum atomic E-state index is 0.817. The lowest BCUT2D eigenvalue weighted by atomic mass is 10.1. The molecule has 1 aromatic carbocycles. The van der Waals surface area contributed by atoms with Crippen LogP contribution in [0.5, 0.6) is 10.8 Å². The van der Waals surface area contributed by atoms with Crippen LogP contribution in [-0.2, 0) is 0 Å². The van der Waals surface area contributed by atoms with Crippen LogP contribution in [0.25, 0.3) is 0 Å². The molecule has 0 aliphatic carbocycles. The lowest BCUT2D eigenvalue weighted by Gasteiger charge is -2.11. The number of benzene rings is 1. The molecule has 0 saturated heterocycles. The number of rotatable bonds is 5. The SMILES string of the molecule is CCN(C)C=Nc1cc(C)c(Oc2cc(C)ns2)cc1C. The fraction of sp³-hybridized carbons (Fsp3) is 0.375. The van der Waals surface area contributed by atoms with Crippen LogP contribution < -0.4 is 4.74 Å². The van der Waals surface area contributed by atoms with Crippen molar-refractivity contribution in [1.82, 2.24) is 9.27 Å². The van der Waals surface area contributed by atoms with Crippen LogP contribution in [0, 0.1) is 20.8 Å². The molecule has 0 atom stereocenters. The summed E-state index contributed by atoms with van der Waals surface area (Å²) in [4.78, 5) is 6.57. The molecule has 0 aliphatic heterocycles. The molecule has 0 amide bonds. The molecular weight excluding hydrogens is 282 g/mol. The zero-order chi connectivity index (χ0) is 15.4. The third-order valence-corrected chi connectivity index (χ3v) is 3.96. The molecule has 5 heteroatoms. The monoisotopic (exact) mass is 303 g/mol. The van der Waals surface area contributed by atoms with E-state index in [0.29, 0.717) is 0 Å². The molecule has 21 heavy (non-hydrogen) atoms. The van der Waals surface area contributed by atoms with E-state index >= 15 is 0 Å². The molecule has 0 aliphatic rings. The molecule has 2 aromatic rings. The van der Waals surface area contributed by atoms with Crippen molar-refractivity contribution in [2.75, 3.05) is 13.6 Å². The van der Waals surface area contributed by atoms with Gasteiger partial charge in [-0.05, 0) is 51.0 Å². The van der Waals surface area contributed by atoms with Gasteiger partial charge in [-0.25, -0.2) is 4.99 Å². The van der Waals surface area contributed by atoms with Crippen LogP contribution in [0.3, 0.4) is 0 Å². The minimum Gasteiger partial charge on any atom is -0.445 e. The van der Waals surface area contributed by atoms with Gasteiger partial charge in [0.1, 0.15) is 5.75 Å². The van der Waals surface area contributed by atoms with E-state index in [1.807, 2.05) is 51.2 Å². The van der Waals surface area contributed by atoms with Gasteiger partial charge in [0, 0.05) is 31.2 Å². The number of hydrogen-bond acceptors (Lipinski definition) is 4. The normalized spacial score (nSPS) is 11.1. The molecule has 0 spiro atoms.